The van der Waals surface area contributed by atoms with Gasteiger partial charge in [0.1, 0.15) is 0 Å². The van der Waals surface area contributed by atoms with Crippen LogP contribution in [0.1, 0.15) is 42.3 Å². The quantitative estimate of drug-likeness (QED) is 0.929. The molecule has 2 aromatic rings. The van der Waals surface area contributed by atoms with Crippen LogP contribution in [0.4, 0.5) is 0 Å². The molecular formula is C16H20N2O2. The van der Waals surface area contributed by atoms with E-state index in [1.54, 1.807) is 0 Å². The van der Waals surface area contributed by atoms with E-state index >= 15 is 0 Å². The van der Waals surface area contributed by atoms with E-state index in [1.165, 1.54) is 0 Å². The molecule has 0 aliphatic rings. The van der Waals surface area contributed by atoms with Crippen LogP contribution in [0, 0.1) is 13.8 Å². The van der Waals surface area contributed by atoms with E-state index in [1.807, 2.05) is 24.6 Å². The molecule has 4 nitrogen and oxygen atoms in total. The van der Waals surface area contributed by atoms with E-state index < -0.39 is 5.97 Å². The molecule has 0 amide bonds. The zero-order chi connectivity index (χ0) is 14.9. The van der Waals surface area contributed by atoms with Crippen LogP contribution in [0.5, 0.6) is 0 Å². The Morgan fingerprint density at radius 2 is 2.00 bits per heavy atom. The van der Waals surface area contributed by atoms with Gasteiger partial charge in [-0.2, -0.15) is 5.10 Å². The van der Waals surface area contributed by atoms with E-state index in [0.717, 1.165) is 22.5 Å². The predicted octanol–water partition coefficient (Wildman–Crippen LogP) is 3.24. The summed E-state index contributed by atoms with van der Waals surface area (Å²) in [6.07, 6.45) is -0.0441. The predicted molar refractivity (Wildman–Crippen MR) is 78.5 cm³/mol. The Kier molecular flexibility index (Phi) is 3.93. The molecule has 1 heterocycles. The highest BCUT2D eigenvalue weighted by molar-refractivity contribution is 5.69. The van der Waals surface area contributed by atoms with Crippen LogP contribution in [-0.4, -0.2) is 20.9 Å². The molecule has 1 N–H and O–H groups in total. The number of aryl methyl sites for hydroxylation is 2. The molecule has 0 atom stereocenters. The smallest absolute Gasteiger partial charge is 0.309 e. The van der Waals surface area contributed by atoms with Gasteiger partial charge in [0, 0.05) is 5.69 Å². The maximum Gasteiger partial charge on any atom is 0.309 e. The maximum atomic E-state index is 10.9. The summed E-state index contributed by atoms with van der Waals surface area (Å²) >= 11 is 0. The average Bonchev–Trinajstić information content (AvgIpc) is 2.75. The third kappa shape index (κ3) is 2.90. The second-order valence-electron chi connectivity index (χ2n) is 5.49. The fraction of sp³-hybridized carbons (Fsp3) is 0.375. The molecule has 0 bridgehead atoms. The summed E-state index contributed by atoms with van der Waals surface area (Å²) in [6.45, 7) is 8.25. The molecule has 0 saturated carbocycles. The Balaban J connectivity index is 2.56. The number of hydrogen-bond acceptors (Lipinski definition) is 2. The number of rotatable bonds is 4. The lowest BCUT2D eigenvalue weighted by Crippen LogP contribution is -2.06. The zero-order valence-corrected chi connectivity index (χ0v) is 12.3. The molecule has 1 aromatic heterocycles. The van der Waals surface area contributed by atoms with E-state index in [4.69, 9.17) is 5.11 Å². The maximum absolute atomic E-state index is 10.9. The van der Waals surface area contributed by atoms with Gasteiger partial charge in [-0.3, -0.25) is 4.79 Å². The van der Waals surface area contributed by atoms with Crippen LogP contribution >= 0.6 is 0 Å². The number of benzene rings is 1. The van der Waals surface area contributed by atoms with Crippen molar-refractivity contribution in [1.82, 2.24) is 9.78 Å². The first-order valence-corrected chi connectivity index (χ1v) is 6.76. The second kappa shape index (κ2) is 5.49. The fourth-order valence-electron chi connectivity index (χ4n) is 2.24. The van der Waals surface area contributed by atoms with Crippen LogP contribution in [-0.2, 0) is 11.2 Å². The first-order valence-electron chi connectivity index (χ1n) is 6.76. The lowest BCUT2D eigenvalue weighted by molar-refractivity contribution is -0.136. The largest absolute Gasteiger partial charge is 0.481 e. The Morgan fingerprint density at radius 3 is 2.60 bits per heavy atom. The fourth-order valence-corrected chi connectivity index (χ4v) is 2.24. The van der Waals surface area contributed by atoms with Gasteiger partial charge < -0.3 is 5.11 Å². The van der Waals surface area contributed by atoms with Crippen molar-refractivity contribution < 1.29 is 9.90 Å². The number of hydrogen-bond donors (Lipinski definition) is 1. The van der Waals surface area contributed by atoms with Crippen molar-refractivity contribution in [3.8, 4) is 5.69 Å². The van der Waals surface area contributed by atoms with Crippen molar-refractivity contribution in [3.63, 3.8) is 0 Å². The summed E-state index contributed by atoms with van der Waals surface area (Å²) in [5.41, 5.74) is 4.94. The van der Waals surface area contributed by atoms with Gasteiger partial charge in [-0.05, 0) is 43.0 Å². The Morgan fingerprint density at radius 1 is 1.30 bits per heavy atom. The lowest BCUT2D eigenvalue weighted by atomic mass is 10.1. The third-order valence-electron chi connectivity index (χ3n) is 3.30. The number of nitrogens with zero attached hydrogens (tertiary/aromatic N) is 2. The van der Waals surface area contributed by atoms with Gasteiger partial charge in [0.15, 0.2) is 0 Å². The average molecular weight is 272 g/mol. The zero-order valence-electron chi connectivity index (χ0n) is 12.3. The van der Waals surface area contributed by atoms with Gasteiger partial charge in [0.05, 0.1) is 17.8 Å². The SMILES string of the molecule is Cc1ccc(C)c(-n2nc(CC(=O)O)cc2C(C)C)c1. The van der Waals surface area contributed by atoms with Crippen molar-refractivity contribution in [3.05, 3.63) is 46.8 Å². The standard InChI is InChI=1S/C16H20N2O2/c1-10(2)14-8-13(9-16(19)20)17-18(14)15-7-11(3)5-6-12(15)4/h5-8,10H,9H2,1-4H3,(H,19,20). The van der Waals surface area contributed by atoms with Crippen LogP contribution in [0.2, 0.25) is 0 Å². The summed E-state index contributed by atoms with van der Waals surface area (Å²) in [4.78, 5) is 10.9. The Hall–Kier alpha value is -2.10. The van der Waals surface area contributed by atoms with Gasteiger partial charge in [0.2, 0.25) is 0 Å². The van der Waals surface area contributed by atoms with E-state index in [-0.39, 0.29) is 12.3 Å². The normalized spacial score (nSPS) is 11.1. The highest BCUT2D eigenvalue weighted by atomic mass is 16.4. The minimum Gasteiger partial charge on any atom is -0.481 e. The molecule has 0 spiro atoms. The van der Waals surface area contributed by atoms with Crippen molar-refractivity contribution in [2.24, 2.45) is 0 Å². The number of carboxylic acids is 1. The number of aromatic nitrogens is 2. The topological polar surface area (TPSA) is 55.1 Å². The van der Waals surface area contributed by atoms with Gasteiger partial charge in [-0.25, -0.2) is 4.68 Å². The molecular weight excluding hydrogens is 252 g/mol. The van der Waals surface area contributed by atoms with Crippen LogP contribution in [0.25, 0.3) is 5.69 Å². The van der Waals surface area contributed by atoms with Crippen molar-refractivity contribution in [1.29, 1.82) is 0 Å². The van der Waals surface area contributed by atoms with Crippen LogP contribution < -0.4 is 0 Å². The van der Waals surface area contributed by atoms with Crippen LogP contribution in [0.15, 0.2) is 24.3 Å². The molecule has 106 valence electrons. The summed E-state index contributed by atoms with van der Waals surface area (Å²) < 4.78 is 1.88. The first kappa shape index (κ1) is 14.3. The van der Waals surface area contributed by atoms with Crippen molar-refractivity contribution in [2.75, 3.05) is 0 Å². The summed E-state index contributed by atoms with van der Waals surface area (Å²) in [6, 6.07) is 8.10. The molecule has 0 fully saturated rings. The van der Waals surface area contributed by atoms with Gasteiger partial charge >= 0.3 is 5.97 Å². The monoisotopic (exact) mass is 272 g/mol. The van der Waals surface area contributed by atoms with E-state index in [2.05, 4.69) is 37.1 Å². The first-order chi connectivity index (χ1) is 9.38. The minimum absolute atomic E-state index is 0.0441. The molecule has 0 unspecified atom stereocenters. The van der Waals surface area contributed by atoms with Crippen molar-refractivity contribution >= 4 is 5.97 Å². The van der Waals surface area contributed by atoms with Gasteiger partial charge in [-0.1, -0.05) is 26.0 Å². The summed E-state index contributed by atoms with van der Waals surface area (Å²) in [5.74, 6) is -0.573. The van der Waals surface area contributed by atoms with Gasteiger partial charge in [0.25, 0.3) is 0 Å². The molecule has 20 heavy (non-hydrogen) atoms. The van der Waals surface area contributed by atoms with E-state index in [0.29, 0.717) is 5.69 Å². The van der Waals surface area contributed by atoms with Crippen LogP contribution in [0.3, 0.4) is 0 Å². The molecule has 1 aromatic carbocycles. The number of aliphatic carboxylic acids is 1. The molecule has 0 aliphatic carbocycles. The number of carboxylic acid groups (broad SMARTS) is 1. The number of carbonyl (C=O) groups is 1. The highest BCUT2D eigenvalue weighted by Crippen LogP contribution is 2.23. The van der Waals surface area contributed by atoms with E-state index in [9.17, 15) is 4.79 Å². The molecule has 0 saturated heterocycles. The van der Waals surface area contributed by atoms with Crippen molar-refractivity contribution in [2.45, 2.75) is 40.0 Å². The molecule has 0 radical (unpaired) electrons. The summed E-state index contributed by atoms with van der Waals surface area (Å²) in [5, 5.41) is 13.4. The summed E-state index contributed by atoms with van der Waals surface area (Å²) in [7, 11) is 0. The molecule has 2 rings (SSSR count). The van der Waals surface area contributed by atoms with Gasteiger partial charge in [-0.15, -0.1) is 0 Å². The Labute approximate surface area is 119 Å². The molecule has 4 heteroatoms. The minimum atomic E-state index is -0.856. The highest BCUT2D eigenvalue weighted by Gasteiger charge is 2.15. The Bertz CT molecular complexity index is 642. The molecule has 0 aliphatic heterocycles. The second-order valence-corrected chi connectivity index (χ2v) is 5.49. The lowest BCUT2D eigenvalue weighted by Gasteiger charge is -2.13. The third-order valence-corrected chi connectivity index (χ3v) is 3.30.